The molecule has 1 rings (SSSR count). The molecular weight excluding hydrogens is 184 g/mol. The molecule has 1 aliphatic carbocycles. The summed E-state index contributed by atoms with van der Waals surface area (Å²) in [5.41, 5.74) is 0.581. The first-order valence-corrected chi connectivity index (χ1v) is 6.38. The molecule has 0 aromatic carbocycles. The third-order valence-corrected chi connectivity index (χ3v) is 3.57. The molecular formula is C13H28N2. The minimum absolute atomic E-state index is 0.581. The minimum atomic E-state index is 0.581. The topological polar surface area (TPSA) is 15.3 Å². The van der Waals surface area contributed by atoms with Crippen molar-refractivity contribution in [2.24, 2.45) is 5.41 Å². The number of hydrogen-bond donors (Lipinski definition) is 1. The van der Waals surface area contributed by atoms with Crippen LogP contribution in [0.3, 0.4) is 0 Å². The molecule has 1 atom stereocenters. The zero-order chi connectivity index (χ0) is 11.3. The van der Waals surface area contributed by atoms with Crippen molar-refractivity contribution in [2.45, 2.75) is 52.0 Å². The molecule has 90 valence electrons. The van der Waals surface area contributed by atoms with Crippen LogP contribution in [0.25, 0.3) is 0 Å². The van der Waals surface area contributed by atoms with Crippen molar-refractivity contribution in [1.82, 2.24) is 10.2 Å². The summed E-state index contributed by atoms with van der Waals surface area (Å²) in [5.74, 6) is 0. The van der Waals surface area contributed by atoms with E-state index < -0.39 is 0 Å². The summed E-state index contributed by atoms with van der Waals surface area (Å²) in [7, 11) is 4.27. The normalized spacial score (nSPS) is 26.6. The van der Waals surface area contributed by atoms with E-state index in [9.17, 15) is 0 Å². The van der Waals surface area contributed by atoms with Gasteiger partial charge in [0.2, 0.25) is 0 Å². The maximum atomic E-state index is 3.69. The fourth-order valence-electron chi connectivity index (χ4n) is 2.36. The van der Waals surface area contributed by atoms with Crippen LogP contribution in [0.5, 0.6) is 0 Å². The summed E-state index contributed by atoms with van der Waals surface area (Å²) >= 11 is 0. The highest BCUT2D eigenvalue weighted by molar-refractivity contribution is 4.79. The molecule has 1 N–H and O–H groups in total. The van der Waals surface area contributed by atoms with E-state index in [1.165, 1.54) is 32.1 Å². The number of hydrogen-bond acceptors (Lipinski definition) is 2. The van der Waals surface area contributed by atoms with Gasteiger partial charge in [0.15, 0.2) is 0 Å². The average Bonchev–Trinajstić information content (AvgIpc) is 2.27. The van der Waals surface area contributed by atoms with E-state index in [-0.39, 0.29) is 0 Å². The van der Waals surface area contributed by atoms with Gasteiger partial charge in [-0.15, -0.1) is 0 Å². The molecule has 2 nitrogen and oxygen atoms in total. The molecule has 0 saturated heterocycles. The monoisotopic (exact) mass is 212 g/mol. The van der Waals surface area contributed by atoms with Gasteiger partial charge in [-0.3, -0.25) is 0 Å². The molecule has 0 heterocycles. The lowest BCUT2D eigenvalue weighted by molar-refractivity contribution is 0.308. The second kappa shape index (κ2) is 5.86. The van der Waals surface area contributed by atoms with Crippen LogP contribution < -0.4 is 5.32 Å². The molecule has 0 bridgehead atoms. The average molecular weight is 212 g/mol. The van der Waals surface area contributed by atoms with Crippen molar-refractivity contribution >= 4 is 0 Å². The van der Waals surface area contributed by atoms with Gasteiger partial charge in [0.05, 0.1) is 0 Å². The lowest BCUT2D eigenvalue weighted by Gasteiger charge is -2.22. The Balaban J connectivity index is 2.20. The Labute approximate surface area is 95.4 Å². The van der Waals surface area contributed by atoms with E-state index in [0.717, 1.165) is 19.1 Å². The number of likely N-dealkylation sites (N-methyl/N-ethyl adjacent to an activating group) is 1. The predicted octanol–water partition coefficient (Wildman–Crippen LogP) is 2.50. The molecule has 1 aliphatic rings. The number of rotatable bonds is 4. The lowest BCUT2D eigenvalue weighted by Crippen LogP contribution is -2.34. The number of nitrogens with one attached hydrogen (secondary N) is 1. The standard InChI is InChI=1S/C13H28N2/c1-13(2)8-5-6-12(7-9-13)14-10-11-15(3)4/h12,14H,5-11H2,1-4H3. The van der Waals surface area contributed by atoms with Gasteiger partial charge in [0.25, 0.3) is 0 Å². The zero-order valence-electron chi connectivity index (χ0n) is 11.0. The maximum Gasteiger partial charge on any atom is 0.0101 e. The van der Waals surface area contributed by atoms with E-state index in [4.69, 9.17) is 0 Å². The zero-order valence-corrected chi connectivity index (χ0v) is 11.0. The summed E-state index contributed by atoms with van der Waals surface area (Å²) in [5, 5.41) is 3.69. The Bertz CT molecular complexity index is 175. The largest absolute Gasteiger partial charge is 0.313 e. The van der Waals surface area contributed by atoms with Crippen molar-refractivity contribution < 1.29 is 0 Å². The van der Waals surface area contributed by atoms with Crippen LogP contribution >= 0.6 is 0 Å². The molecule has 2 heteroatoms. The van der Waals surface area contributed by atoms with Gasteiger partial charge in [0.1, 0.15) is 0 Å². The Morgan fingerprint density at radius 3 is 2.60 bits per heavy atom. The summed E-state index contributed by atoms with van der Waals surface area (Å²) < 4.78 is 0. The van der Waals surface area contributed by atoms with Crippen LogP contribution in [0, 0.1) is 5.41 Å². The minimum Gasteiger partial charge on any atom is -0.313 e. The Kier molecular flexibility index (Phi) is 5.07. The van der Waals surface area contributed by atoms with Gasteiger partial charge in [-0.2, -0.15) is 0 Å². The quantitative estimate of drug-likeness (QED) is 0.720. The van der Waals surface area contributed by atoms with Crippen molar-refractivity contribution in [2.75, 3.05) is 27.2 Å². The molecule has 0 aromatic rings. The SMILES string of the molecule is CN(C)CCNC1CCCC(C)(C)CC1. The third kappa shape index (κ3) is 5.53. The summed E-state index contributed by atoms with van der Waals surface area (Å²) in [6, 6.07) is 0.770. The van der Waals surface area contributed by atoms with Crippen molar-refractivity contribution in [3.8, 4) is 0 Å². The van der Waals surface area contributed by atoms with Gasteiger partial charge in [0, 0.05) is 19.1 Å². The predicted molar refractivity (Wildman–Crippen MR) is 67.2 cm³/mol. The number of nitrogens with zero attached hydrogens (tertiary/aromatic N) is 1. The molecule has 15 heavy (non-hydrogen) atoms. The van der Waals surface area contributed by atoms with Crippen molar-refractivity contribution in [3.05, 3.63) is 0 Å². The smallest absolute Gasteiger partial charge is 0.0101 e. The second-order valence-corrected chi connectivity index (χ2v) is 6.05. The third-order valence-electron chi connectivity index (χ3n) is 3.57. The fourth-order valence-corrected chi connectivity index (χ4v) is 2.36. The molecule has 1 unspecified atom stereocenters. The highest BCUT2D eigenvalue weighted by Crippen LogP contribution is 2.33. The van der Waals surface area contributed by atoms with Crippen LogP contribution in [0.15, 0.2) is 0 Å². The molecule has 0 aromatic heterocycles. The highest BCUT2D eigenvalue weighted by atomic mass is 15.1. The van der Waals surface area contributed by atoms with Gasteiger partial charge in [-0.1, -0.05) is 20.3 Å². The van der Waals surface area contributed by atoms with Gasteiger partial charge in [-0.25, -0.2) is 0 Å². The van der Waals surface area contributed by atoms with E-state index in [1.54, 1.807) is 0 Å². The first-order valence-electron chi connectivity index (χ1n) is 6.38. The maximum absolute atomic E-state index is 3.69. The van der Waals surface area contributed by atoms with E-state index in [0.29, 0.717) is 5.41 Å². The van der Waals surface area contributed by atoms with Crippen LogP contribution in [-0.2, 0) is 0 Å². The van der Waals surface area contributed by atoms with E-state index in [1.807, 2.05) is 0 Å². The van der Waals surface area contributed by atoms with Gasteiger partial charge in [-0.05, 0) is 45.2 Å². The Morgan fingerprint density at radius 2 is 1.93 bits per heavy atom. The van der Waals surface area contributed by atoms with Crippen LogP contribution in [0.1, 0.15) is 46.0 Å². The van der Waals surface area contributed by atoms with E-state index >= 15 is 0 Å². The van der Waals surface area contributed by atoms with E-state index in [2.05, 4.69) is 38.2 Å². The Morgan fingerprint density at radius 1 is 1.20 bits per heavy atom. The summed E-state index contributed by atoms with van der Waals surface area (Å²) in [6.07, 6.45) is 6.91. The first-order chi connectivity index (χ1) is 6.99. The van der Waals surface area contributed by atoms with Gasteiger partial charge >= 0.3 is 0 Å². The molecule has 1 saturated carbocycles. The fraction of sp³-hybridized carbons (Fsp3) is 1.00. The molecule has 0 aliphatic heterocycles. The molecule has 0 radical (unpaired) electrons. The first kappa shape index (κ1) is 13.0. The second-order valence-electron chi connectivity index (χ2n) is 6.05. The summed E-state index contributed by atoms with van der Waals surface area (Å²) in [4.78, 5) is 2.24. The van der Waals surface area contributed by atoms with Crippen LogP contribution in [0.4, 0.5) is 0 Å². The molecule has 1 fully saturated rings. The highest BCUT2D eigenvalue weighted by Gasteiger charge is 2.23. The molecule has 0 spiro atoms. The molecule has 0 amide bonds. The Hall–Kier alpha value is -0.0800. The van der Waals surface area contributed by atoms with Crippen LogP contribution in [-0.4, -0.2) is 38.1 Å². The van der Waals surface area contributed by atoms with Gasteiger partial charge < -0.3 is 10.2 Å². The van der Waals surface area contributed by atoms with Crippen molar-refractivity contribution in [3.63, 3.8) is 0 Å². The lowest BCUT2D eigenvalue weighted by atomic mass is 9.85. The summed E-state index contributed by atoms with van der Waals surface area (Å²) in [6.45, 7) is 7.11. The van der Waals surface area contributed by atoms with Crippen LogP contribution in [0.2, 0.25) is 0 Å². The van der Waals surface area contributed by atoms with Crippen molar-refractivity contribution in [1.29, 1.82) is 0 Å².